The minimum Gasteiger partial charge on any atom is -0.497 e. The van der Waals surface area contributed by atoms with Crippen LogP contribution in [0.4, 0.5) is 5.13 Å². The van der Waals surface area contributed by atoms with E-state index in [0.29, 0.717) is 21.2 Å². The molecule has 0 spiro atoms. The maximum atomic E-state index is 13.4. The van der Waals surface area contributed by atoms with Gasteiger partial charge in [0.25, 0.3) is 5.56 Å². The van der Waals surface area contributed by atoms with Crippen LogP contribution in [0, 0.1) is 6.92 Å². The molecule has 7 nitrogen and oxygen atoms in total. The molecule has 0 aliphatic carbocycles. The van der Waals surface area contributed by atoms with Gasteiger partial charge in [0, 0.05) is 0 Å². The van der Waals surface area contributed by atoms with Crippen molar-refractivity contribution in [3.63, 3.8) is 0 Å². The number of amides is 1. The summed E-state index contributed by atoms with van der Waals surface area (Å²) in [4.78, 5) is 35.3. The molecule has 0 radical (unpaired) electrons. The van der Waals surface area contributed by atoms with Crippen LogP contribution < -0.4 is 15.6 Å². The molecule has 2 heterocycles. The second-order valence-electron chi connectivity index (χ2n) is 7.53. The fraction of sp³-hybridized carbons (Fsp3) is 0.120. The summed E-state index contributed by atoms with van der Waals surface area (Å²) in [6.07, 6.45) is 0. The summed E-state index contributed by atoms with van der Waals surface area (Å²) in [5.41, 5.74) is 2.91. The van der Waals surface area contributed by atoms with Crippen LogP contribution in [0.2, 0.25) is 0 Å². The Morgan fingerprint density at radius 3 is 2.68 bits per heavy atom. The maximum absolute atomic E-state index is 13.4. The normalized spacial score (nSPS) is 11.1. The minimum atomic E-state index is -0.227. The van der Waals surface area contributed by atoms with E-state index < -0.39 is 0 Å². The fourth-order valence-electron chi connectivity index (χ4n) is 3.61. The van der Waals surface area contributed by atoms with Gasteiger partial charge in [0.1, 0.15) is 5.75 Å². The lowest BCUT2D eigenvalue weighted by Crippen LogP contribution is -2.23. The topological polar surface area (TPSA) is 86.1 Å². The van der Waals surface area contributed by atoms with Gasteiger partial charge in [-0.05, 0) is 48.9 Å². The lowest BCUT2D eigenvalue weighted by Gasteiger charge is -2.14. The molecule has 170 valence electrons. The van der Waals surface area contributed by atoms with E-state index in [9.17, 15) is 9.59 Å². The number of hydrogen-bond donors (Lipinski definition) is 1. The van der Waals surface area contributed by atoms with Gasteiger partial charge in [-0.3, -0.25) is 14.2 Å². The Labute approximate surface area is 203 Å². The van der Waals surface area contributed by atoms with Gasteiger partial charge in [0.15, 0.2) is 10.3 Å². The quantitative estimate of drug-likeness (QED) is 0.266. The number of aromatic nitrogens is 3. The molecule has 5 aromatic rings. The number of thioether (sulfide) groups is 1. The van der Waals surface area contributed by atoms with Crippen LogP contribution in [0.3, 0.4) is 0 Å². The summed E-state index contributed by atoms with van der Waals surface area (Å²) >= 11 is 2.60. The number of anilines is 1. The number of aryl methyl sites for hydroxylation is 1. The number of methoxy groups -OCH3 is 1. The molecule has 2 aromatic heterocycles. The first-order chi connectivity index (χ1) is 16.5. The van der Waals surface area contributed by atoms with Crippen molar-refractivity contribution in [1.29, 1.82) is 0 Å². The van der Waals surface area contributed by atoms with Crippen LogP contribution >= 0.6 is 23.1 Å². The van der Waals surface area contributed by atoms with Gasteiger partial charge < -0.3 is 10.1 Å². The number of rotatable bonds is 6. The van der Waals surface area contributed by atoms with Crippen LogP contribution in [-0.2, 0) is 4.79 Å². The number of para-hydroxylation sites is 2. The van der Waals surface area contributed by atoms with Gasteiger partial charge in [-0.25, -0.2) is 9.97 Å². The Kier molecular flexibility index (Phi) is 6.04. The van der Waals surface area contributed by atoms with Crippen molar-refractivity contribution in [2.45, 2.75) is 12.1 Å². The van der Waals surface area contributed by atoms with Crippen molar-refractivity contribution in [2.24, 2.45) is 0 Å². The second-order valence-corrected chi connectivity index (χ2v) is 9.50. The Balaban J connectivity index is 1.43. The van der Waals surface area contributed by atoms with Crippen LogP contribution in [0.25, 0.3) is 26.8 Å². The minimum absolute atomic E-state index is 0.0793. The molecule has 1 amide bonds. The molecule has 0 fully saturated rings. The lowest BCUT2D eigenvalue weighted by atomic mass is 10.2. The number of carbonyl (C=O) groups is 1. The number of benzene rings is 3. The summed E-state index contributed by atoms with van der Waals surface area (Å²) in [7, 11) is 1.61. The molecule has 0 aliphatic rings. The Bertz CT molecular complexity index is 1590. The third-order valence-electron chi connectivity index (χ3n) is 5.28. The van der Waals surface area contributed by atoms with Gasteiger partial charge in [0.05, 0.1) is 39.7 Å². The second kappa shape index (κ2) is 9.28. The molecule has 0 saturated carbocycles. The SMILES string of the molecule is COc1ccc2nc(NC(=O)CSc3nc4ccccc4c(=O)n3-c3ccccc3C)sc2c1. The molecule has 0 atom stereocenters. The third kappa shape index (κ3) is 4.27. The summed E-state index contributed by atoms with van der Waals surface area (Å²) in [5, 5.41) is 4.36. The zero-order valence-corrected chi connectivity index (χ0v) is 20.1. The Morgan fingerprint density at radius 2 is 1.85 bits per heavy atom. The van der Waals surface area contributed by atoms with E-state index in [1.165, 1.54) is 23.1 Å². The largest absolute Gasteiger partial charge is 0.497 e. The lowest BCUT2D eigenvalue weighted by molar-refractivity contribution is -0.113. The third-order valence-corrected chi connectivity index (χ3v) is 7.15. The highest BCUT2D eigenvalue weighted by molar-refractivity contribution is 7.99. The van der Waals surface area contributed by atoms with Crippen molar-refractivity contribution in [1.82, 2.24) is 14.5 Å². The highest BCUT2D eigenvalue weighted by Gasteiger charge is 2.16. The molecule has 0 bridgehead atoms. The number of hydrogen-bond acceptors (Lipinski definition) is 7. The molecule has 0 saturated heterocycles. The van der Waals surface area contributed by atoms with Crippen LogP contribution in [0.5, 0.6) is 5.75 Å². The van der Waals surface area contributed by atoms with Gasteiger partial charge in [0.2, 0.25) is 5.91 Å². The predicted octanol–water partition coefficient (Wildman–Crippen LogP) is 5.04. The van der Waals surface area contributed by atoms with Gasteiger partial charge in [-0.2, -0.15) is 0 Å². The van der Waals surface area contributed by atoms with Crippen molar-refractivity contribution in [3.05, 3.63) is 82.6 Å². The summed E-state index contributed by atoms with van der Waals surface area (Å²) < 4.78 is 7.76. The number of nitrogens with one attached hydrogen (secondary N) is 1. The van der Waals surface area contributed by atoms with Crippen molar-refractivity contribution in [2.75, 3.05) is 18.2 Å². The molecule has 0 unspecified atom stereocenters. The van der Waals surface area contributed by atoms with E-state index in [4.69, 9.17) is 9.72 Å². The van der Waals surface area contributed by atoms with Gasteiger partial charge >= 0.3 is 0 Å². The van der Waals surface area contributed by atoms with E-state index in [1.807, 2.05) is 61.5 Å². The first-order valence-electron chi connectivity index (χ1n) is 10.5. The van der Waals surface area contributed by atoms with Gasteiger partial charge in [-0.1, -0.05) is 53.4 Å². The van der Waals surface area contributed by atoms with E-state index in [2.05, 4.69) is 10.3 Å². The number of ether oxygens (including phenoxy) is 1. The van der Waals surface area contributed by atoms with E-state index in [1.54, 1.807) is 23.8 Å². The number of carbonyl (C=O) groups excluding carboxylic acids is 1. The molecule has 3 aromatic carbocycles. The van der Waals surface area contributed by atoms with Crippen molar-refractivity contribution < 1.29 is 9.53 Å². The van der Waals surface area contributed by atoms with E-state index >= 15 is 0 Å². The average molecular weight is 489 g/mol. The Morgan fingerprint density at radius 1 is 1.06 bits per heavy atom. The first-order valence-corrected chi connectivity index (χ1v) is 12.3. The zero-order chi connectivity index (χ0) is 23.7. The monoisotopic (exact) mass is 488 g/mol. The predicted molar refractivity (Wildman–Crippen MR) is 138 cm³/mol. The Hall–Kier alpha value is -3.69. The standard InChI is InChI=1S/C25H20N4O3S2/c1-15-7-3-6-10-20(15)29-23(31)17-8-4-5-9-18(17)27-25(29)33-14-22(30)28-24-26-19-12-11-16(32-2)13-21(19)34-24/h3-13H,14H2,1-2H3,(H,26,28,30). The van der Waals surface area contributed by atoms with E-state index in [0.717, 1.165) is 27.2 Å². The zero-order valence-electron chi connectivity index (χ0n) is 18.4. The van der Waals surface area contributed by atoms with Crippen LogP contribution in [-0.4, -0.2) is 33.3 Å². The van der Waals surface area contributed by atoms with Crippen LogP contribution in [0.15, 0.2) is 76.7 Å². The van der Waals surface area contributed by atoms with E-state index in [-0.39, 0.29) is 17.2 Å². The summed E-state index contributed by atoms with van der Waals surface area (Å²) in [5.74, 6) is 0.589. The fourth-order valence-corrected chi connectivity index (χ4v) is 5.32. The summed E-state index contributed by atoms with van der Waals surface area (Å²) in [6.45, 7) is 1.94. The molecular weight excluding hydrogens is 468 g/mol. The number of thiazole rings is 1. The summed E-state index contributed by atoms with van der Waals surface area (Å²) in [6, 6.07) is 20.4. The molecule has 34 heavy (non-hydrogen) atoms. The first kappa shape index (κ1) is 22.1. The highest BCUT2D eigenvalue weighted by atomic mass is 32.2. The molecule has 0 aliphatic heterocycles. The molecule has 9 heteroatoms. The highest BCUT2D eigenvalue weighted by Crippen LogP contribution is 2.29. The molecule has 1 N–H and O–H groups in total. The van der Waals surface area contributed by atoms with Crippen molar-refractivity contribution >= 4 is 55.3 Å². The maximum Gasteiger partial charge on any atom is 0.266 e. The number of nitrogens with zero attached hydrogens (tertiary/aromatic N) is 3. The number of fused-ring (bicyclic) bond motifs is 2. The van der Waals surface area contributed by atoms with Gasteiger partial charge in [-0.15, -0.1) is 0 Å². The molecule has 5 rings (SSSR count). The smallest absolute Gasteiger partial charge is 0.266 e. The molecular formula is C25H20N4O3S2. The average Bonchev–Trinajstić information content (AvgIpc) is 3.25. The van der Waals surface area contributed by atoms with Crippen LogP contribution in [0.1, 0.15) is 5.56 Å². The van der Waals surface area contributed by atoms with Crippen molar-refractivity contribution in [3.8, 4) is 11.4 Å².